The molecule has 0 aromatic rings. The van der Waals surface area contributed by atoms with Crippen molar-refractivity contribution in [1.82, 2.24) is 0 Å². The fourth-order valence-electron chi connectivity index (χ4n) is 1.96. The van der Waals surface area contributed by atoms with Crippen LogP contribution in [0.25, 0.3) is 0 Å². The van der Waals surface area contributed by atoms with Crippen molar-refractivity contribution in [2.24, 2.45) is 5.41 Å². The fourth-order valence-corrected chi connectivity index (χ4v) is 1.96. The lowest BCUT2D eigenvalue weighted by Gasteiger charge is -2.35. The molecule has 0 aliphatic carbocycles. The summed E-state index contributed by atoms with van der Waals surface area (Å²) in [6.07, 6.45) is 4.68. The van der Waals surface area contributed by atoms with Crippen molar-refractivity contribution in [3.63, 3.8) is 0 Å². The van der Waals surface area contributed by atoms with Gasteiger partial charge < -0.3 is 9.47 Å². The minimum absolute atomic E-state index is 0.104. The molecule has 0 N–H and O–H groups in total. The van der Waals surface area contributed by atoms with E-state index in [9.17, 15) is 4.79 Å². The van der Waals surface area contributed by atoms with Crippen LogP contribution < -0.4 is 0 Å². The van der Waals surface area contributed by atoms with Gasteiger partial charge in [0, 0.05) is 6.42 Å². The third-order valence-corrected chi connectivity index (χ3v) is 4.64. The molecule has 0 fully saturated rings. The number of hydrogen-bond donors (Lipinski definition) is 0. The first kappa shape index (κ1) is 20.4. The number of rotatable bonds is 10. The Kier molecular flexibility index (Phi) is 8.53. The van der Waals surface area contributed by atoms with Crippen LogP contribution in [0.1, 0.15) is 87.5 Å². The van der Waals surface area contributed by atoms with E-state index in [2.05, 4.69) is 27.7 Å². The van der Waals surface area contributed by atoms with Gasteiger partial charge in [-0.2, -0.15) is 0 Å². The van der Waals surface area contributed by atoms with Crippen LogP contribution in [0.5, 0.6) is 0 Å². The SMILES string of the molecule is CCC(C)OC(CC)CC(C)(CC)OC(=O)C(C)(C)CC. The molecule has 0 aromatic carbocycles. The molecular formula is C18H36O3. The minimum Gasteiger partial charge on any atom is -0.459 e. The summed E-state index contributed by atoms with van der Waals surface area (Å²) in [5, 5.41) is 0. The molecular weight excluding hydrogens is 264 g/mol. The molecule has 0 bridgehead atoms. The first-order chi connectivity index (χ1) is 9.64. The lowest BCUT2D eigenvalue weighted by atomic mass is 9.89. The molecule has 0 aliphatic heterocycles. The molecule has 0 amide bonds. The van der Waals surface area contributed by atoms with Gasteiger partial charge in [0.15, 0.2) is 0 Å². The van der Waals surface area contributed by atoms with Crippen LogP contribution in [-0.2, 0) is 14.3 Å². The van der Waals surface area contributed by atoms with E-state index < -0.39 is 11.0 Å². The van der Waals surface area contributed by atoms with Crippen molar-refractivity contribution in [3.05, 3.63) is 0 Å². The van der Waals surface area contributed by atoms with Crippen LogP contribution in [0.4, 0.5) is 0 Å². The van der Waals surface area contributed by atoms with Crippen LogP contribution in [0.15, 0.2) is 0 Å². The van der Waals surface area contributed by atoms with E-state index in [1.807, 2.05) is 27.7 Å². The molecule has 3 heteroatoms. The third-order valence-electron chi connectivity index (χ3n) is 4.64. The van der Waals surface area contributed by atoms with Crippen LogP contribution in [0.3, 0.4) is 0 Å². The molecule has 21 heavy (non-hydrogen) atoms. The summed E-state index contributed by atoms with van der Waals surface area (Å²) in [4.78, 5) is 12.4. The average molecular weight is 300 g/mol. The van der Waals surface area contributed by atoms with E-state index in [4.69, 9.17) is 9.47 Å². The van der Waals surface area contributed by atoms with Crippen molar-refractivity contribution in [3.8, 4) is 0 Å². The Morgan fingerprint density at radius 1 is 1.00 bits per heavy atom. The second-order valence-corrected chi connectivity index (χ2v) is 7.02. The van der Waals surface area contributed by atoms with Gasteiger partial charge in [-0.3, -0.25) is 4.79 Å². The lowest BCUT2D eigenvalue weighted by molar-refractivity contribution is -0.174. The average Bonchev–Trinajstić information content (AvgIpc) is 2.45. The number of esters is 1. The van der Waals surface area contributed by atoms with Gasteiger partial charge in [0.2, 0.25) is 0 Å². The van der Waals surface area contributed by atoms with Gasteiger partial charge in [0.1, 0.15) is 5.60 Å². The molecule has 126 valence electrons. The maximum absolute atomic E-state index is 12.4. The molecule has 0 spiro atoms. The van der Waals surface area contributed by atoms with Crippen LogP contribution in [-0.4, -0.2) is 23.8 Å². The Hall–Kier alpha value is -0.570. The highest BCUT2D eigenvalue weighted by Crippen LogP contribution is 2.30. The zero-order valence-electron chi connectivity index (χ0n) is 15.4. The maximum atomic E-state index is 12.4. The first-order valence-corrected chi connectivity index (χ1v) is 8.52. The van der Waals surface area contributed by atoms with Crippen molar-refractivity contribution in [2.75, 3.05) is 0 Å². The van der Waals surface area contributed by atoms with Crippen LogP contribution >= 0.6 is 0 Å². The van der Waals surface area contributed by atoms with E-state index in [1.165, 1.54) is 0 Å². The Morgan fingerprint density at radius 3 is 1.95 bits per heavy atom. The van der Waals surface area contributed by atoms with E-state index in [0.717, 1.165) is 32.1 Å². The molecule has 0 rings (SSSR count). The summed E-state index contributed by atoms with van der Waals surface area (Å²) < 4.78 is 11.9. The van der Waals surface area contributed by atoms with Gasteiger partial charge in [-0.1, -0.05) is 27.7 Å². The monoisotopic (exact) mass is 300 g/mol. The predicted molar refractivity (Wildman–Crippen MR) is 88.4 cm³/mol. The molecule has 0 saturated carbocycles. The van der Waals surface area contributed by atoms with E-state index in [1.54, 1.807) is 0 Å². The Labute approximate surface area is 131 Å². The third kappa shape index (κ3) is 6.82. The predicted octanol–water partition coefficient (Wildman–Crippen LogP) is 5.12. The van der Waals surface area contributed by atoms with E-state index >= 15 is 0 Å². The summed E-state index contributed by atoms with van der Waals surface area (Å²) in [7, 11) is 0. The van der Waals surface area contributed by atoms with Gasteiger partial charge in [0.25, 0.3) is 0 Å². The molecule has 3 unspecified atom stereocenters. The Morgan fingerprint density at radius 2 is 1.57 bits per heavy atom. The Balaban J connectivity index is 4.81. The quantitative estimate of drug-likeness (QED) is 0.525. The van der Waals surface area contributed by atoms with Gasteiger partial charge >= 0.3 is 5.97 Å². The first-order valence-electron chi connectivity index (χ1n) is 8.52. The number of ether oxygens (including phenoxy) is 2. The lowest BCUT2D eigenvalue weighted by Crippen LogP contribution is -2.40. The highest BCUT2D eigenvalue weighted by molar-refractivity contribution is 5.76. The van der Waals surface area contributed by atoms with Crippen LogP contribution in [0.2, 0.25) is 0 Å². The normalized spacial score (nSPS) is 17.9. The molecule has 0 radical (unpaired) electrons. The smallest absolute Gasteiger partial charge is 0.312 e. The number of carbonyl (C=O) groups excluding carboxylic acids is 1. The zero-order chi connectivity index (χ0) is 16.7. The van der Waals surface area contributed by atoms with Gasteiger partial charge in [0.05, 0.1) is 17.6 Å². The molecule has 3 nitrogen and oxygen atoms in total. The van der Waals surface area contributed by atoms with Crippen molar-refractivity contribution in [2.45, 2.75) is 105 Å². The summed E-state index contributed by atoms with van der Waals surface area (Å²) in [6.45, 7) is 16.4. The molecule has 0 heterocycles. The molecule has 0 aromatic heterocycles. The van der Waals surface area contributed by atoms with Crippen molar-refractivity contribution >= 4 is 5.97 Å². The van der Waals surface area contributed by atoms with Gasteiger partial charge in [-0.25, -0.2) is 0 Å². The molecule has 0 saturated heterocycles. The summed E-state index contributed by atoms with van der Waals surface area (Å²) in [6, 6.07) is 0. The highest BCUT2D eigenvalue weighted by Gasteiger charge is 2.36. The van der Waals surface area contributed by atoms with Gasteiger partial charge in [-0.15, -0.1) is 0 Å². The topological polar surface area (TPSA) is 35.5 Å². The van der Waals surface area contributed by atoms with Crippen molar-refractivity contribution < 1.29 is 14.3 Å². The molecule has 3 atom stereocenters. The minimum atomic E-state index is -0.447. The number of carbonyl (C=O) groups is 1. The maximum Gasteiger partial charge on any atom is 0.312 e. The summed E-state index contributed by atoms with van der Waals surface area (Å²) in [5.41, 5.74) is -0.868. The second kappa shape index (κ2) is 8.77. The number of hydrogen-bond acceptors (Lipinski definition) is 3. The summed E-state index contributed by atoms with van der Waals surface area (Å²) in [5.74, 6) is -0.104. The standard InChI is InChI=1S/C18H36O3/c1-9-14(5)20-15(10-2)13-18(8,12-4)21-16(19)17(6,7)11-3/h14-15H,9-13H2,1-8H3. The highest BCUT2D eigenvalue weighted by atomic mass is 16.6. The Bertz CT molecular complexity index is 312. The molecule has 0 aliphatic rings. The van der Waals surface area contributed by atoms with Crippen LogP contribution in [0, 0.1) is 5.41 Å². The zero-order valence-corrected chi connectivity index (χ0v) is 15.4. The van der Waals surface area contributed by atoms with Gasteiger partial charge in [-0.05, 0) is 53.4 Å². The largest absolute Gasteiger partial charge is 0.459 e. The van der Waals surface area contributed by atoms with Crippen molar-refractivity contribution in [1.29, 1.82) is 0 Å². The second-order valence-electron chi connectivity index (χ2n) is 7.02. The fraction of sp³-hybridized carbons (Fsp3) is 0.944. The van der Waals surface area contributed by atoms with E-state index in [-0.39, 0.29) is 18.2 Å². The summed E-state index contributed by atoms with van der Waals surface area (Å²) >= 11 is 0. The van der Waals surface area contributed by atoms with E-state index in [0.29, 0.717) is 0 Å².